The number of aryl methyl sites for hydroxylation is 1. The van der Waals surface area contributed by atoms with E-state index >= 15 is 0 Å². The quantitative estimate of drug-likeness (QED) is 0.487. The van der Waals surface area contributed by atoms with Gasteiger partial charge in [-0.2, -0.15) is 0 Å². The van der Waals surface area contributed by atoms with Crippen molar-refractivity contribution in [2.45, 2.75) is 65.7 Å². The van der Waals surface area contributed by atoms with E-state index in [1.807, 2.05) is 6.08 Å². The Hall–Kier alpha value is -1.33. The summed E-state index contributed by atoms with van der Waals surface area (Å²) in [5.41, 5.74) is 2.93. The van der Waals surface area contributed by atoms with Crippen LogP contribution in [0, 0.1) is 6.92 Å². The van der Waals surface area contributed by atoms with Crippen LogP contribution in [-0.4, -0.2) is 23.5 Å². The number of hydrogen-bond donors (Lipinski definition) is 0. The Morgan fingerprint density at radius 2 is 1.92 bits per heavy atom. The van der Waals surface area contributed by atoms with Crippen LogP contribution in [0.15, 0.2) is 42.1 Å². The van der Waals surface area contributed by atoms with Crippen molar-refractivity contribution in [2.24, 2.45) is 0 Å². The van der Waals surface area contributed by atoms with Gasteiger partial charge in [0.25, 0.3) is 0 Å². The van der Waals surface area contributed by atoms with Crippen LogP contribution >= 0.6 is 0 Å². The molecule has 0 atom stereocenters. The minimum Gasteiger partial charge on any atom is -0.489 e. The molecule has 0 heterocycles. The Kier molecular flexibility index (Phi) is 6.24. The zero-order valence-electron chi connectivity index (χ0n) is 17.9. The monoisotopic (exact) mass is 383 g/mol. The first-order valence-corrected chi connectivity index (χ1v) is 15.1. The first-order valence-electron chi connectivity index (χ1n) is 9.60. The van der Waals surface area contributed by atoms with Crippen LogP contribution in [0.3, 0.4) is 0 Å². The van der Waals surface area contributed by atoms with Gasteiger partial charge >= 0.3 is 0 Å². The molecule has 1 aliphatic carbocycles. The fraction of sp³-hybridized carbons (Fsp3) is 0.478. The summed E-state index contributed by atoms with van der Waals surface area (Å²) in [4.78, 5) is 0. The Morgan fingerprint density at radius 3 is 2.38 bits per heavy atom. The summed E-state index contributed by atoms with van der Waals surface area (Å²) >= 11 is 0. The van der Waals surface area contributed by atoms with Crippen LogP contribution in [0.1, 0.15) is 38.3 Å². The van der Waals surface area contributed by atoms with Crippen molar-refractivity contribution >= 4 is 27.2 Å². The van der Waals surface area contributed by atoms with E-state index in [2.05, 4.69) is 84.8 Å². The third kappa shape index (κ3) is 3.99. The number of benzene rings is 1. The molecule has 0 saturated carbocycles. The minimum atomic E-state index is -1.79. The molecule has 3 heteroatoms. The topological polar surface area (TPSA) is 9.23 Å². The first-order chi connectivity index (χ1) is 12.0. The summed E-state index contributed by atoms with van der Waals surface area (Å²) in [6.07, 6.45) is 9.77. The van der Waals surface area contributed by atoms with Gasteiger partial charge < -0.3 is 4.74 Å². The molecule has 0 spiro atoms. The molecule has 1 radical (unpaired) electrons. The molecule has 1 aliphatic rings. The highest BCUT2D eigenvalue weighted by molar-refractivity contribution is 6.96. The van der Waals surface area contributed by atoms with Gasteiger partial charge in [0.1, 0.15) is 20.4 Å². The third-order valence-corrected chi connectivity index (χ3v) is 10.7. The predicted octanol–water partition coefficient (Wildman–Crippen LogP) is 5.16. The molecular formula is C23H35OSi2. The van der Waals surface area contributed by atoms with E-state index in [0.29, 0.717) is 6.61 Å². The van der Waals surface area contributed by atoms with Crippen LogP contribution in [-0.2, 0) is 5.41 Å². The van der Waals surface area contributed by atoms with Gasteiger partial charge in [-0.05, 0) is 29.5 Å². The summed E-state index contributed by atoms with van der Waals surface area (Å²) in [6, 6.07) is 2.45. The zero-order valence-corrected chi connectivity index (χ0v) is 19.9. The molecule has 0 aliphatic heterocycles. The molecular weight excluding hydrogens is 348 g/mol. The number of allylic oxidation sites excluding steroid dienone is 4. The average Bonchev–Trinajstić information content (AvgIpc) is 3.06. The third-order valence-electron chi connectivity index (χ3n) is 5.32. The molecule has 1 aromatic rings. The highest BCUT2D eigenvalue weighted by Gasteiger charge is 2.36. The molecule has 0 amide bonds. The fourth-order valence-corrected chi connectivity index (χ4v) is 8.68. The van der Waals surface area contributed by atoms with Gasteiger partial charge in [-0.15, -0.1) is 0 Å². The summed E-state index contributed by atoms with van der Waals surface area (Å²) < 4.78 is 6.42. The highest BCUT2D eigenvalue weighted by atomic mass is 28.3. The molecule has 1 aromatic carbocycles. The Labute approximate surface area is 163 Å². The standard InChI is InChI=1S/C23H35OSi2/c1-10-15-24-21-19(26(8,9)18-13-11-12-14-18)16-17(2)22(25(6)7)20(21)23(3,4)5/h10-13,16H,1,14-15H2,2-9H3. The SMILES string of the molecule is C=CCOc1c([Si](C)(C)C2=CC=CC2)cc(C)c([Si](C)C)c1C(C)(C)C. The van der Waals surface area contributed by atoms with Gasteiger partial charge in [-0.3, -0.25) is 0 Å². The van der Waals surface area contributed by atoms with Gasteiger partial charge in [0.15, 0.2) is 0 Å². The lowest BCUT2D eigenvalue weighted by Crippen LogP contribution is -2.48. The van der Waals surface area contributed by atoms with E-state index in [4.69, 9.17) is 4.74 Å². The second kappa shape index (κ2) is 7.73. The van der Waals surface area contributed by atoms with E-state index < -0.39 is 16.9 Å². The molecule has 1 nitrogen and oxygen atoms in total. The smallest absolute Gasteiger partial charge is 0.123 e. The maximum Gasteiger partial charge on any atom is 0.123 e. The van der Waals surface area contributed by atoms with Gasteiger partial charge in [-0.25, -0.2) is 0 Å². The summed E-state index contributed by atoms with van der Waals surface area (Å²) in [7, 11) is -2.39. The number of ether oxygens (including phenoxy) is 1. The second-order valence-corrected chi connectivity index (χ2v) is 16.0. The molecule has 0 unspecified atom stereocenters. The van der Waals surface area contributed by atoms with Crippen LogP contribution < -0.4 is 15.1 Å². The molecule has 2 rings (SSSR count). The van der Waals surface area contributed by atoms with E-state index in [1.54, 1.807) is 10.4 Å². The van der Waals surface area contributed by atoms with E-state index in [1.165, 1.54) is 16.3 Å². The second-order valence-electron chi connectivity index (χ2n) is 9.12. The Bertz CT molecular complexity index is 746. The maximum absolute atomic E-state index is 6.42. The van der Waals surface area contributed by atoms with E-state index in [-0.39, 0.29) is 5.41 Å². The normalized spacial score (nSPS) is 14.7. The van der Waals surface area contributed by atoms with Crippen molar-refractivity contribution in [1.29, 1.82) is 0 Å². The molecule has 141 valence electrons. The predicted molar refractivity (Wildman–Crippen MR) is 122 cm³/mol. The summed E-state index contributed by atoms with van der Waals surface area (Å²) in [6.45, 7) is 23.5. The van der Waals surface area contributed by atoms with Gasteiger partial charge in [0.2, 0.25) is 0 Å². The maximum atomic E-state index is 6.42. The van der Waals surface area contributed by atoms with Crippen molar-refractivity contribution in [3.63, 3.8) is 0 Å². The van der Waals surface area contributed by atoms with Crippen LogP contribution in [0.25, 0.3) is 0 Å². The Balaban J connectivity index is 2.83. The van der Waals surface area contributed by atoms with Gasteiger partial charge in [-0.1, -0.05) is 99.9 Å². The lowest BCUT2D eigenvalue weighted by Gasteiger charge is -2.35. The van der Waals surface area contributed by atoms with Crippen LogP contribution in [0.5, 0.6) is 5.75 Å². The molecule has 0 saturated heterocycles. The van der Waals surface area contributed by atoms with Crippen molar-refractivity contribution in [3.8, 4) is 5.75 Å². The van der Waals surface area contributed by atoms with Crippen molar-refractivity contribution < 1.29 is 4.74 Å². The molecule has 0 aromatic heterocycles. The zero-order chi connectivity index (χ0) is 19.7. The Morgan fingerprint density at radius 1 is 1.27 bits per heavy atom. The van der Waals surface area contributed by atoms with E-state index in [0.717, 1.165) is 12.2 Å². The van der Waals surface area contributed by atoms with Crippen molar-refractivity contribution in [1.82, 2.24) is 0 Å². The van der Waals surface area contributed by atoms with Gasteiger partial charge in [0, 0.05) is 0 Å². The van der Waals surface area contributed by atoms with Crippen molar-refractivity contribution in [3.05, 3.63) is 53.3 Å². The summed E-state index contributed by atoms with van der Waals surface area (Å²) in [5.74, 6) is 1.15. The molecule has 26 heavy (non-hydrogen) atoms. The van der Waals surface area contributed by atoms with Gasteiger partial charge in [0.05, 0.1) is 8.80 Å². The first kappa shape index (κ1) is 21.0. The lowest BCUT2D eigenvalue weighted by molar-refractivity contribution is 0.354. The average molecular weight is 384 g/mol. The van der Waals surface area contributed by atoms with E-state index in [9.17, 15) is 0 Å². The van der Waals surface area contributed by atoms with Crippen molar-refractivity contribution in [2.75, 3.05) is 6.61 Å². The number of rotatable bonds is 6. The minimum absolute atomic E-state index is 0.0569. The van der Waals surface area contributed by atoms with Crippen LogP contribution in [0.2, 0.25) is 26.2 Å². The lowest BCUT2D eigenvalue weighted by atomic mass is 9.85. The number of hydrogen-bond acceptors (Lipinski definition) is 1. The fourth-order valence-electron chi connectivity index (χ4n) is 4.00. The highest BCUT2D eigenvalue weighted by Crippen LogP contribution is 2.34. The molecule has 0 bridgehead atoms. The van der Waals surface area contributed by atoms with Crippen LogP contribution in [0.4, 0.5) is 0 Å². The molecule has 0 N–H and O–H groups in total. The summed E-state index contributed by atoms with van der Waals surface area (Å²) in [5, 5.41) is 4.59. The largest absolute Gasteiger partial charge is 0.489 e. The molecule has 0 fully saturated rings.